The molecule has 0 bridgehead atoms. The van der Waals surface area contributed by atoms with Crippen LogP contribution in [0.15, 0.2) is 36.5 Å². The van der Waals surface area contributed by atoms with Gasteiger partial charge >= 0.3 is 6.18 Å². The van der Waals surface area contributed by atoms with Gasteiger partial charge in [0.15, 0.2) is 0 Å². The van der Waals surface area contributed by atoms with Gasteiger partial charge in [-0.15, -0.1) is 0 Å². The summed E-state index contributed by atoms with van der Waals surface area (Å²) in [6, 6.07) is 6.54. The van der Waals surface area contributed by atoms with Gasteiger partial charge in [-0.3, -0.25) is 4.98 Å². The smallest absolute Gasteiger partial charge is 0.416 e. The van der Waals surface area contributed by atoms with Crippen molar-refractivity contribution in [3.63, 3.8) is 0 Å². The van der Waals surface area contributed by atoms with E-state index in [4.69, 9.17) is 0 Å². The molecule has 1 aromatic carbocycles. The van der Waals surface area contributed by atoms with E-state index in [-0.39, 0.29) is 11.4 Å². The van der Waals surface area contributed by atoms with Crippen LogP contribution in [0.3, 0.4) is 0 Å². The summed E-state index contributed by atoms with van der Waals surface area (Å²) in [6.07, 6.45) is -3.29. The number of hydrogen-bond acceptors (Lipinski definition) is 2. The Labute approximate surface area is 115 Å². The van der Waals surface area contributed by atoms with E-state index in [9.17, 15) is 18.3 Å². The molecule has 0 unspecified atom stereocenters. The zero-order valence-electron chi connectivity index (χ0n) is 8.87. The van der Waals surface area contributed by atoms with Gasteiger partial charge in [-0.2, -0.15) is 13.2 Å². The van der Waals surface area contributed by atoms with Crippen LogP contribution in [-0.4, -0.2) is 10.1 Å². The third kappa shape index (κ3) is 2.58. The Morgan fingerprint density at radius 1 is 1.17 bits per heavy atom. The van der Waals surface area contributed by atoms with Crippen LogP contribution in [0.4, 0.5) is 13.2 Å². The summed E-state index contributed by atoms with van der Waals surface area (Å²) in [5, 5.41) is 9.53. The highest BCUT2D eigenvalue weighted by Crippen LogP contribution is 2.34. The van der Waals surface area contributed by atoms with Crippen LogP contribution in [0.2, 0.25) is 0 Å². The average molecular weight is 365 g/mol. The molecule has 0 atom stereocenters. The van der Waals surface area contributed by atoms with Crippen molar-refractivity contribution >= 4 is 22.6 Å². The number of phenols is 1. The molecule has 0 amide bonds. The Hall–Kier alpha value is -1.31. The summed E-state index contributed by atoms with van der Waals surface area (Å²) in [7, 11) is 0. The van der Waals surface area contributed by atoms with Crippen LogP contribution in [-0.2, 0) is 6.18 Å². The predicted molar refractivity (Wildman–Crippen MR) is 69.1 cm³/mol. The Morgan fingerprint density at radius 3 is 2.56 bits per heavy atom. The SMILES string of the molecule is Oc1cccc(-c2cc(C(F)(F)F)ccn2)c1I. The van der Waals surface area contributed by atoms with E-state index in [1.54, 1.807) is 12.1 Å². The van der Waals surface area contributed by atoms with Crippen molar-refractivity contribution in [1.29, 1.82) is 0 Å². The summed E-state index contributed by atoms with van der Waals surface area (Å²) in [5.74, 6) is 0.0207. The van der Waals surface area contributed by atoms with Gasteiger partial charge in [0.1, 0.15) is 5.75 Å². The van der Waals surface area contributed by atoms with Crippen molar-refractivity contribution in [2.45, 2.75) is 6.18 Å². The quantitative estimate of drug-likeness (QED) is 0.773. The number of aromatic hydroxyl groups is 1. The summed E-state index contributed by atoms with van der Waals surface area (Å²) >= 11 is 1.87. The Bertz CT molecular complexity index is 584. The maximum atomic E-state index is 12.6. The van der Waals surface area contributed by atoms with Crippen LogP contribution in [0.1, 0.15) is 5.56 Å². The summed E-state index contributed by atoms with van der Waals surface area (Å²) < 4.78 is 38.2. The molecular formula is C12H7F3INO. The van der Waals surface area contributed by atoms with E-state index in [0.717, 1.165) is 18.3 Å². The molecule has 0 saturated heterocycles. The minimum Gasteiger partial charge on any atom is -0.507 e. The highest BCUT2D eigenvalue weighted by atomic mass is 127. The maximum absolute atomic E-state index is 12.6. The van der Waals surface area contributed by atoms with Crippen molar-refractivity contribution in [1.82, 2.24) is 4.98 Å². The molecule has 18 heavy (non-hydrogen) atoms. The van der Waals surface area contributed by atoms with Crippen LogP contribution in [0, 0.1) is 3.57 Å². The van der Waals surface area contributed by atoms with Gasteiger partial charge in [-0.25, -0.2) is 0 Å². The highest BCUT2D eigenvalue weighted by molar-refractivity contribution is 14.1. The van der Waals surface area contributed by atoms with Crippen molar-refractivity contribution in [2.75, 3.05) is 0 Å². The average Bonchev–Trinajstić information content (AvgIpc) is 2.32. The lowest BCUT2D eigenvalue weighted by atomic mass is 10.1. The van der Waals surface area contributed by atoms with Gasteiger partial charge in [0.25, 0.3) is 0 Å². The van der Waals surface area contributed by atoms with E-state index in [1.807, 2.05) is 22.6 Å². The van der Waals surface area contributed by atoms with Crippen LogP contribution < -0.4 is 0 Å². The number of alkyl halides is 3. The molecule has 0 aliphatic heterocycles. The van der Waals surface area contributed by atoms with Crippen molar-refractivity contribution in [3.05, 3.63) is 45.7 Å². The topological polar surface area (TPSA) is 33.1 Å². The van der Waals surface area contributed by atoms with Crippen LogP contribution in [0.5, 0.6) is 5.75 Å². The number of nitrogens with zero attached hydrogens (tertiary/aromatic N) is 1. The first-order valence-corrected chi connectivity index (χ1v) is 5.98. The summed E-state index contributed by atoms with van der Waals surface area (Å²) in [6.45, 7) is 0. The minimum absolute atomic E-state index is 0.0207. The normalized spacial score (nSPS) is 11.6. The Morgan fingerprint density at radius 2 is 1.89 bits per heavy atom. The third-order valence-corrected chi connectivity index (χ3v) is 3.48. The standard InChI is InChI=1S/C12H7F3INO/c13-12(14,15)7-4-5-17-9(6-7)8-2-1-3-10(18)11(8)16/h1-6,18H. The second kappa shape index (κ2) is 4.75. The lowest BCUT2D eigenvalue weighted by Gasteiger charge is -2.09. The highest BCUT2D eigenvalue weighted by Gasteiger charge is 2.30. The van der Waals surface area contributed by atoms with E-state index >= 15 is 0 Å². The number of hydrogen-bond donors (Lipinski definition) is 1. The predicted octanol–water partition coefficient (Wildman–Crippen LogP) is 4.08. The Balaban J connectivity index is 2.55. The zero-order valence-corrected chi connectivity index (χ0v) is 11.0. The molecule has 6 heteroatoms. The molecular weight excluding hydrogens is 358 g/mol. The van der Waals surface area contributed by atoms with Gasteiger partial charge < -0.3 is 5.11 Å². The maximum Gasteiger partial charge on any atom is 0.416 e. The van der Waals surface area contributed by atoms with Crippen LogP contribution >= 0.6 is 22.6 Å². The van der Waals surface area contributed by atoms with E-state index < -0.39 is 11.7 Å². The van der Waals surface area contributed by atoms with Crippen molar-refractivity contribution in [3.8, 4) is 17.0 Å². The van der Waals surface area contributed by atoms with Crippen LogP contribution in [0.25, 0.3) is 11.3 Å². The first-order valence-electron chi connectivity index (χ1n) is 4.90. The molecule has 0 aliphatic carbocycles. The molecule has 1 aromatic heterocycles. The van der Waals surface area contributed by atoms with E-state index in [1.165, 1.54) is 6.07 Å². The fraction of sp³-hybridized carbons (Fsp3) is 0.0833. The van der Waals surface area contributed by atoms with E-state index in [0.29, 0.717) is 9.13 Å². The molecule has 2 aromatic rings. The van der Waals surface area contributed by atoms with Gasteiger partial charge in [-0.1, -0.05) is 12.1 Å². The Kier molecular flexibility index (Phi) is 3.47. The number of phenolic OH excluding ortho intramolecular Hbond substituents is 1. The fourth-order valence-corrected chi connectivity index (χ4v) is 2.11. The van der Waals surface area contributed by atoms with Gasteiger partial charge in [-0.05, 0) is 40.8 Å². The second-order valence-electron chi connectivity index (χ2n) is 3.57. The van der Waals surface area contributed by atoms with Crippen molar-refractivity contribution in [2.24, 2.45) is 0 Å². The molecule has 1 N–H and O–H groups in total. The van der Waals surface area contributed by atoms with Gasteiger partial charge in [0.2, 0.25) is 0 Å². The largest absolute Gasteiger partial charge is 0.507 e. The molecule has 0 spiro atoms. The number of halogens is 4. The lowest BCUT2D eigenvalue weighted by Crippen LogP contribution is -2.05. The number of rotatable bonds is 1. The lowest BCUT2D eigenvalue weighted by molar-refractivity contribution is -0.137. The number of benzene rings is 1. The number of pyridine rings is 1. The first-order chi connectivity index (χ1) is 8.39. The third-order valence-electron chi connectivity index (χ3n) is 2.34. The molecule has 0 saturated carbocycles. The first kappa shape index (κ1) is 13.1. The van der Waals surface area contributed by atoms with Crippen molar-refractivity contribution < 1.29 is 18.3 Å². The molecule has 0 aliphatic rings. The molecule has 0 radical (unpaired) electrons. The molecule has 1 heterocycles. The molecule has 94 valence electrons. The molecule has 2 nitrogen and oxygen atoms in total. The zero-order chi connectivity index (χ0) is 13.3. The summed E-state index contributed by atoms with van der Waals surface area (Å²) in [5.41, 5.74) is -0.0986. The monoisotopic (exact) mass is 365 g/mol. The molecule has 0 fully saturated rings. The minimum atomic E-state index is -4.40. The number of aromatic nitrogens is 1. The summed E-state index contributed by atoms with van der Waals surface area (Å²) in [4.78, 5) is 3.91. The fourth-order valence-electron chi connectivity index (χ4n) is 1.47. The second-order valence-corrected chi connectivity index (χ2v) is 4.64. The molecule has 2 rings (SSSR count). The van der Waals surface area contributed by atoms with Gasteiger partial charge in [0, 0.05) is 11.8 Å². The van der Waals surface area contributed by atoms with Gasteiger partial charge in [0.05, 0.1) is 14.8 Å². The van der Waals surface area contributed by atoms with E-state index in [2.05, 4.69) is 4.98 Å².